The van der Waals surface area contributed by atoms with Crippen molar-refractivity contribution in [3.8, 4) is 5.75 Å². The van der Waals surface area contributed by atoms with Crippen molar-refractivity contribution in [3.63, 3.8) is 0 Å². The lowest BCUT2D eigenvalue weighted by atomic mass is 10.3. The van der Waals surface area contributed by atoms with Crippen molar-refractivity contribution in [1.29, 1.82) is 0 Å². The van der Waals surface area contributed by atoms with Gasteiger partial charge in [0.25, 0.3) is 0 Å². The first-order valence-electron chi connectivity index (χ1n) is 3.62. The minimum Gasteiger partial charge on any atom is -0.493 e. The summed E-state index contributed by atoms with van der Waals surface area (Å²) in [5.41, 5.74) is 0. The molecule has 0 aliphatic carbocycles. The lowest BCUT2D eigenvalue weighted by Crippen LogP contribution is -1.94. The molecule has 0 fully saturated rings. The van der Waals surface area contributed by atoms with Gasteiger partial charge in [0, 0.05) is 6.07 Å². The second-order valence-electron chi connectivity index (χ2n) is 2.24. The third-order valence-corrected chi connectivity index (χ3v) is 1.20. The first-order chi connectivity index (χ1) is 5.33. The molecule has 0 aliphatic heterocycles. The summed E-state index contributed by atoms with van der Waals surface area (Å²) in [6, 6.07) is 6.89. The van der Waals surface area contributed by atoms with Crippen LogP contribution in [0.3, 0.4) is 0 Å². The summed E-state index contributed by atoms with van der Waals surface area (Å²) in [6.45, 7) is 2.63. The molecule has 1 radical (unpaired) electrons. The highest BCUT2D eigenvalue weighted by molar-refractivity contribution is 5.21. The maximum Gasteiger partial charge on any atom is 0.127 e. The quantitative estimate of drug-likeness (QED) is 0.648. The fraction of sp³-hybridized carbons (Fsp3) is 0.333. The van der Waals surface area contributed by atoms with Crippen LogP contribution in [-0.2, 0) is 0 Å². The minimum absolute atomic E-state index is 0.307. The molecule has 0 unspecified atom stereocenters. The maximum absolute atomic E-state index is 12.5. The van der Waals surface area contributed by atoms with Crippen molar-refractivity contribution in [3.05, 3.63) is 30.1 Å². The van der Waals surface area contributed by atoms with Crippen LogP contribution in [0.4, 0.5) is 4.39 Å². The Kier molecular flexibility index (Phi) is 2.90. The molecule has 0 bridgehead atoms. The molecule has 1 nitrogen and oxygen atoms in total. The molecule has 1 aromatic rings. The van der Waals surface area contributed by atoms with Gasteiger partial charge in [0.15, 0.2) is 0 Å². The fourth-order valence-electron chi connectivity index (χ4n) is 0.726. The van der Waals surface area contributed by atoms with Crippen molar-refractivity contribution in [2.45, 2.75) is 13.3 Å². The highest BCUT2D eigenvalue weighted by atomic mass is 19.1. The highest BCUT2D eigenvalue weighted by Crippen LogP contribution is 2.11. The Morgan fingerprint density at radius 3 is 3.00 bits per heavy atom. The SMILES string of the molecule is CCCOc1c[c]cc(F)c1. The van der Waals surface area contributed by atoms with Gasteiger partial charge in [-0.3, -0.25) is 0 Å². The van der Waals surface area contributed by atoms with E-state index in [0.29, 0.717) is 12.4 Å². The molecule has 0 saturated heterocycles. The van der Waals surface area contributed by atoms with Crippen LogP contribution >= 0.6 is 0 Å². The third kappa shape index (κ3) is 2.58. The summed E-state index contributed by atoms with van der Waals surface area (Å²) in [5, 5.41) is 0. The van der Waals surface area contributed by atoms with Gasteiger partial charge in [0.05, 0.1) is 6.61 Å². The van der Waals surface area contributed by atoms with E-state index in [2.05, 4.69) is 6.07 Å². The van der Waals surface area contributed by atoms with Crippen LogP contribution in [-0.4, -0.2) is 6.61 Å². The Hall–Kier alpha value is -1.05. The largest absolute Gasteiger partial charge is 0.493 e. The highest BCUT2D eigenvalue weighted by Gasteiger charge is 1.93. The van der Waals surface area contributed by atoms with Crippen LogP contribution in [0, 0.1) is 11.9 Å². The van der Waals surface area contributed by atoms with Gasteiger partial charge in [-0.1, -0.05) is 6.92 Å². The summed E-state index contributed by atoms with van der Waals surface area (Å²) in [6.07, 6.45) is 0.927. The second kappa shape index (κ2) is 3.96. The average Bonchev–Trinajstić information content (AvgIpc) is 2.01. The molecule has 0 atom stereocenters. The summed E-state index contributed by atoms with van der Waals surface area (Å²) < 4.78 is 17.6. The smallest absolute Gasteiger partial charge is 0.127 e. The van der Waals surface area contributed by atoms with Crippen molar-refractivity contribution < 1.29 is 9.13 Å². The summed E-state index contributed by atoms with van der Waals surface area (Å²) in [5.74, 6) is 0.241. The van der Waals surface area contributed by atoms with E-state index >= 15 is 0 Å². The number of rotatable bonds is 3. The van der Waals surface area contributed by atoms with Crippen molar-refractivity contribution in [2.24, 2.45) is 0 Å². The summed E-state index contributed by atoms with van der Waals surface area (Å²) in [4.78, 5) is 0. The summed E-state index contributed by atoms with van der Waals surface area (Å²) in [7, 11) is 0. The molecule has 0 aromatic heterocycles. The first kappa shape index (κ1) is 8.05. The number of hydrogen-bond donors (Lipinski definition) is 0. The van der Waals surface area contributed by atoms with Crippen molar-refractivity contribution >= 4 is 0 Å². The molecular weight excluding hydrogens is 143 g/mol. The average molecular weight is 153 g/mol. The molecule has 0 saturated carbocycles. The number of benzene rings is 1. The van der Waals surface area contributed by atoms with Crippen LogP contribution in [0.2, 0.25) is 0 Å². The Labute approximate surface area is 65.8 Å². The molecule has 0 N–H and O–H groups in total. The fourth-order valence-corrected chi connectivity index (χ4v) is 0.726. The van der Waals surface area contributed by atoms with E-state index in [0.717, 1.165) is 6.42 Å². The molecule has 2 heteroatoms. The molecule has 11 heavy (non-hydrogen) atoms. The molecule has 59 valence electrons. The minimum atomic E-state index is -0.307. The van der Waals surface area contributed by atoms with Gasteiger partial charge >= 0.3 is 0 Å². The van der Waals surface area contributed by atoms with E-state index in [1.54, 1.807) is 6.07 Å². The number of ether oxygens (including phenoxy) is 1. The van der Waals surface area contributed by atoms with E-state index < -0.39 is 0 Å². The second-order valence-corrected chi connectivity index (χ2v) is 2.24. The Balaban J connectivity index is 2.56. The van der Waals surface area contributed by atoms with E-state index in [4.69, 9.17) is 4.74 Å². The van der Waals surface area contributed by atoms with Crippen LogP contribution in [0.5, 0.6) is 5.75 Å². The molecular formula is C9H10FO. The maximum atomic E-state index is 12.5. The number of hydrogen-bond acceptors (Lipinski definition) is 1. The van der Waals surface area contributed by atoms with Gasteiger partial charge in [-0.05, 0) is 24.6 Å². The van der Waals surface area contributed by atoms with Crippen LogP contribution in [0.25, 0.3) is 0 Å². The van der Waals surface area contributed by atoms with E-state index in [1.165, 1.54) is 12.1 Å². The number of halogens is 1. The Bertz CT molecular complexity index is 223. The standard InChI is InChI=1S/C9H10FO/c1-2-6-11-9-5-3-4-8(10)7-9/h4-5,7H,2,6H2,1H3. The molecule has 0 aliphatic rings. The third-order valence-electron chi connectivity index (χ3n) is 1.20. The van der Waals surface area contributed by atoms with Gasteiger partial charge in [0.2, 0.25) is 0 Å². The first-order valence-corrected chi connectivity index (χ1v) is 3.62. The van der Waals surface area contributed by atoms with Crippen LogP contribution in [0.1, 0.15) is 13.3 Å². The van der Waals surface area contributed by atoms with E-state index in [9.17, 15) is 4.39 Å². The molecule has 0 spiro atoms. The predicted molar refractivity (Wildman–Crippen MR) is 41.0 cm³/mol. The van der Waals surface area contributed by atoms with Crippen LogP contribution in [0.15, 0.2) is 18.2 Å². The van der Waals surface area contributed by atoms with Crippen LogP contribution < -0.4 is 4.74 Å². The Morgan fingerprint density at radius 2 is 2.36 bits per heavy atom. The van der Waals surface area contributed by atoms with Crippen molar-refractivity contribution in [1.82, 2.24) is 0 Å². The monoisotopic (exact) mass is 153 g/mol. The van der Waals surface area contributed by atoms with Gasteiger partial charge in [-0.15, -0.1) is 0 Å². The van der Waals surface area contributed by atoms with Gasteiger partial charge in [0.1, 0.15) is 11.6 Å². The summed E-state index contributed by atoms with van der Waals surface area (Å²) >= 11 is 0. The van der Waals surface area contributed by atoms with Gasteiger partial charge in [-0.2, -0.15) is 0 Å². The van der Waals surface area contributed by atoms with E-state index in [1.807, 2.05) is 6.92 Å². The predicted octanol–water partition coefficient (Wildman–Crippen LogP) is 2.41. The van der Waals surface area contributed by atoms with Gasteiger partial charge < -0.3 is 4.74 Å². The lowest BCUT2D eigenvalue weighted by Gasteiger charge is -2.02. The molecule has 1 rings (SSSR count). The molecule has 1 aromatic carbocycles. The van der Waals surface area contributed by atoms with Gasteiger partial charge in [-0.25, -0.2) is 4.39 Å². The zero-order chi connectivity index (χ0) is 8.10. The molecule has 0 heterocycles. The Morgan fingerprint density at radius 1 is 1.55 bits per heavy atom. The van der Waals surface area contributed by atoms with Crippen molar-refractivity contribution in [2.75, 3.05) is 6.61 Å². The molecule has 0 amide bonds. The zero-order valence-electron chi connectivity index (χ0n) is 6.43. The van der Waals surface area contributed by atoms with E-state index in [-0.39, 0.29) is 5.82 Å². The topological polar surface area (TPSA) is 9.23 Å². The zero-order valence-corrected chi connectivity index (χ0v) is 6.43. The normalized spacial score (nSPS) is 9.64. The lowest BCUT2D eigenvalue weighted by molar-refractivity contribution is 0.315.